The minimum absolute atomic E-state index is 0.182. The van der Waals surface area contributed by atoms with Crippen molar-refractivity contribution >= 4 is 15.9 Å². The molecule has 0 aliphatic heterocycles. The second-order valence-electron chi connectivity index (χ2n) is 5.30. The van der Waals surface area contributed by atoms with Crippen molar-refractivity contribution in [3.8, 4) is 28.6 Å². The average Bonchev–Trinajstić information content (AvgIpc) is 3.09. The molecular weight excluding hydrogens is 388 g/mol. The third kappa shape index (κ3) is 3.93. The summed E-state index contributed by atoms with van der Waals surface area (Å²) in [5.74, 6) is 2.81. The molecule has 1 heterocycles. The Hall–Kier alpha value is -2.54. The first kappa shape index (κ1) is 17.3. The lowest BCUT2D eigenvalue weighted by Crippen LogP contribution is -1.96. The highest BCUT2D eigenvalue weighted by molar-refractivity contribution is 9.10. The highest BCUT2D eigenvalue weighted by atomic mass is 79.9. The smallest absolute Gasteiger partial charge is 0.264 e. The molecule has 0 aliphatic carbocycles. The number of nitrogens with zero attached hydrogens (tertiary/aromatic N) is 2. The van der Waals surface area contributed by atoms with Crippen molar-refractivity contribution in [3.05, 3.63) is 52.3 Å². The van der Waals surface area contributed by atoms with Gasteiger partial charge in [0.15, 0.2) is 18.1 Å². The molecule has 0 fully saturated rings. The Morgan fingerprint density at radius 3 is 2.48 bits per heavy atom. The molecule has 0 spiro atoms. The van der Waals surface area contributed by atoms with Gasteiger partial charge in [-0.05, 0) is 58.7 Å². The molecule has 0 unspecified atom stereocenters. The van der Waals surface area contributed by atoms with Crippen LogP contribution in [-0.2, 0) is 6.61 Å². The second-order valence-corrected chi connectivity index (χ2v) is 6.16. The molecule has 0 atom stereocenters. The predicted molar refractivity (Wildman–Crippen MR) is 96.0 cm³/mol. The Kier molecular flexibility index (Phi) is 5.23. The number of hydrogen-bond donors (Lipinski definition) is 0. The van der Waals surface area contributed by atoms with E-state index >= 15 is 0 Å². The lowest BCUT2D eigenvalue weighted by molar-refractivity contribution is 0.242. The fraction of sp³-hybridized carbons (Fsp3) is 0.222. The van der Waals surface area contributed by atoms with Gasteiger partial charge >= 0.3 is 0 Å². The summed E-state index contributed by atoms with van der Waals surface area (Å²) < 4.78 is 22.4. The highest BCUT2D eigenvalue weighted by Gasteiger charge is 2.13. The van der Waals surface area contributed by atoms with E-state index in [9.17, 15) is 0 Å². The van der Waals surface area contributed by atoms with E-state index in [-0.39, 0.29) is 6.61 Å². The summed E-state index contributed by atoms with van der Waals surface area (Å²) in [7, 11) is 3.17. The van der Waals surface area contributed by atoms with Crippen molar-refractivity contribution in [1.82, 2.24) is 10.1 Å². The number of methoxy groups -OCH3 is 2. The second kappa shape index (κ2) is 7.57. The summed E-state index contributed by atoms with van der Waals surface area (Å²) in [4.78, 5) is 4.36. The minimum atomic E-state index is 0.182. The molecule has 3 rings (SSSR count). The van der Waals surface area contributed by atoms with Crippen LogP contribution in [0.1, 0.15) is 11.5 Å². The first-order valence-corrected chi connectivity index (χ1v) is 8.34. The quantitative estimate of drug-likeness (QED) is 0.606. The minimum Gasteiger partial charge on any atom is -0.493 e. The Bertz CT molecular complexity index is 879. The zero-order chi connectivity index (χ0) is 17.8. The average molecular weight is 405 g/mol. The summed E-state index contributed by atoms with van der Waals surface area (Å²) in [6, 6.07) is 11.3. The zero-order valence-electron chi connectivity index (χ0n) is 14.1. The van der Waals surface area contributed by atoms with Crippen LogP contribution in [0.3, 0.4) is 0 Å². The fourth-order valence-corrected chi connectivity index (χ4v) is 2.88. The molecule has 0 N–H and O–H groups in total. The standard InChI is InChI=1S/C18H17BrN2O4/c1-11-4-6-14(13(19)8-11)24-10-17-20-18(21-25-17)12-5-7-15(22-2)16(9-12)23-3/h4-9H,10H2,1-3H3. The van der Waals surface area contributed by atoms with E-state index in [2.05, 4.69) is 26.1 Å². The van der Waals surface area contributed by atoms with E-state index in [0.29, 0.717) is 23.2 Å². The Morgan fingerprint density at radius 1 is 1.00 bits per heavy atom. The lowest BCUT2D eigenvalue weighted by Gasteiger charge is -2.07. The van der Waals surface area contributed by atoms with Gasteiger partial charge in [-0.1, -0.05) is 11.2 Å². The molecule has 3 aromatic rings. The van der Waals surface area contributed by atoms with Crippen LogP contribution < -0.4 is 14.2 Å². The van der Waals surface area contributed by atoms with Gasteiger partial charge in [0, 0.05) is 5.56 Å². The molecule has 0 amide bonds. The van der Waals surface area contributed by atoms with E-state index in [1.807, 2.05) is 31.2 Å². The summed E-state index contributed by atoms with van der Waals surface area (Å²) in [5, 5.41) is 3.99. The molecule has 0 aliphatic rings. The first-order chi connectivity index (χ1) is 12.1. The van der Waals surface area contributed by atoms with Gasteiger partial charge in [0.1, 0.15) is 5.75 Å². The molecule has 1 aromatic heterocycles. The molecule has 7 heteroatoms. The van der Waals surface area contributed by atoms with Crippen molar-refractivity contribution in [2.45, 2.75) is 13.5 Å². The third-order valence-electron chi connectivity index (χ3n) is 3.55. The van der Waals surface area contributed by atoms with Crippen LogP contribution in [-0.4, -0.2) is 24.4 Å². The van der Waals surface area contributed by atoms with Crippen LogP contribution in [0.15, 0.2) is 45.4 Å². The third-order valence-corrected chi connectivity index (χ3v) is 4.17. The normalized spacial score (nSPS) is 10.6. The maximum atomic E-state index is 5.72. The molecule has 130 valence electrons. The number of rotatable bonds is 6. The largest absolute Gasteiger partial charge is 0.493 e. The van der Waals surface area contributed by atoms with E-state index < -0.39 is 0 Å². The number of aromatic nitrogens is 2. The topological polar surface area (TPSA) is 66.6 Å². The van der Waals surface area contributed by atoms with Crippen LogP contribution in [0.2, 0.25) is 0 Å². The number of benzene rings is 2. The van der Waals surface area contributed by atoms with Gasteiger partial charge in [0.05, 0.1) is 18.7 Å². The van der Waals surface area contributed by atoms with Crippen LogP contribution in [0.25, 0.3) is 11.4 Å². The molecule has 0 saturated carbocycles. The summed E-state index contributed by atoms with van der Waals surface area (Å²) in [6.07, 6.45) is 0. The predicted octanol–water partition coefficient (Wildman–Crippen LogP) is 4.40. The van der Waals surface area contributed by atoms with Crippen molar-refractivity contribution < 1.29 is 18.7 Å². The van der Waals surface area contributed by atoms with Gasteiger partial charge in [-0.25, -0.2) is 0 Å². The fourth-order valence-electron chi connectivity index (χ4n) is 2.27. The summed E-state index contributed by atoms with van der Waals surface area (Å²) >= 11 is 3.47. The summed E-state index contributed by atoms with van der Waals surface area (Å²) in [6.45, 7) is 2.20. The van der Waals surface area contributed by atoms with E-state index in [1.54, 1.807) is 26.4 Å². The van der Waals surface area contributed by atoms with Crippen LogP contribution in [0, 0.1) is 6.92 Å². The molecule has 0 bridgehead atoms. The Balaban J connectivity index is 1.74. The summed E-state index contributed by atoms with van der Waals surface area (Å²) in [5.41, 5.74) is 1.91. The molecular formula is C18H17BrN2O4. The van der Waals surface area contributed by atoms with Crippen molar-refractivity contribution in [1.29, 1.82) is 0 Å². The van der Waals surface area contributed by atoms with Gasteiger partial charge in [-0.3, -0.25) is 0 Å². The van der Waals surface area contributed by atoms with Crippen LogP contribution in [0.5, 0.6) is 17.2 Å². The van der Waals surface area contributed by atoms with E-state index in [0.717, 1.165) is 21.3 Å². The van der Waals surface area contributed by atoms with Gasteiger partial charge in [-0.15, -0.1) is 0 Å². The van der Waals surface area contributed by atoms with Crippen molar-refractivity contribution in [3.63, 3.8) is 0 Å². The van der Waals surface area contributed by atoms with Crippen LogP contribution >= 0.6 is 15.9 Å². The number of ether oxygens (including phenoxy) is 3. The first-order valence-electron chi connectivity index (χ1n) is 7.54. The van der Waals surface area contributed by atoms with E-state index in [1.165, 1.54) is 0 Å². The molecule has 2 aromatic carbocycles. The maximum absolute atomic E-state index is 5.72. The number of hydrogen-bond acceptors (Lipinski definition) is 6. The highest BCUT2D eigenvalue weighted by Crippen LogP contribution is 2.31. The zero-order valence-corrected chi connectivity index (χ0v) is 15.7. The van der Waals surface area contributed by atoms with Gasteiger partial charge in [-0.2, -0.15) is 4.98 Å². The monoisotopic (exact) mass is 404 g/mol. The van der Waals surface area contributed by atoms with Crippen molar-refractivity contribution in [2.24, 2.45) is 0 Å². The Labute approximate surface area is 153 Å². The maximum Gasteiger partial charge on any atom is 0.264 e. The SMILES string of the molecule is COc1ccc(-c2noc(COc3ccc(C)cc3Br)n2)cc1OC. The molecule has 25 heavy (non-hydrogen) atoms. The number of aryl methyl sites for hydroxylation is 1. The molecule has 0 saturated heterocycles. The number of halogens is 1. The van der Waals surface area contributed by atoms with Gasteiger partial charge in [0.2, 0.25) is 5.82 Å². The van der Waals surface area contributed by atoms with Crippen LogP contribution in [0.4, 0.5) is 0 Å². The van der Waals surface area contributed by atoms with Gasteiger partial charge < -0.3 is 18.7 Å². The van der Waals surface area contributed by atoms with Crippen molar-refractivity contribution in [2.75, 3.05) is 14.2 Å². The molecule has 6 nitrogen and oxygen atoms in total. The Morgan fingerprint density at radius 2 is 1.76 bits per heavy atom. The molecule has 0 radical (unpaired) electrons. The lowest BCUT2D eigenvalue weighted by atomic mass is 10.2. The van der Waals surface area contributed by atoms with E-state index in [4.69, 9.17) is 18.7 Å². The van der Waals surface area contributed by atoms with Gasteiger partial charge in [0.25, 0.3) is 5.89 Å².